The van der Waals surface area contributed by atoms with Crippen molar-refractivity contribution in [2.75, 3.05) is 13.2 Å². The second-order valence-corrected chi connectivity index (χ2v) is 6.29. The number of aryl methyl sites for hydroxylation is 2. The van der Waals surface area contributed by atoms with Crippen LogP contribution in [-0.4, -0.2) is 13.2 Å². The topological polar surface area (TPSA) is 27.7 Å². The summed E-state index contributed by atoms with van der Waals surface area (Å²) in [6.45, 7) is 5.96. The number of rotatable bonds is 6. The second kappa shape index (κ2) is 8.02. The van der Waals surface area contributed by atoms with Crippen molar-refractivity contribution in [2.45, 2.75) is 39.6 Å². The van der Waals surface area contributed by atoms with Gasteiger partial charge in [-0.05, 0) is 47.7 Å². The molecule has 24 heavy (non-hydrogen) atoms. The molecule has 128 valence electrons. The van der Waals surface area contributed by atoms with E-state index in [2.05, 4.69) is 32.0 Å². The molecule has 1 saturated heterocycles. The Labute approximate surface area is 148 Å². The average molecular weight is 347 g/mol. The van der Waals surface area contributed by atoms with E-state index in [1.54, 1.807) is 0 Å². The fraction of sp³-hybridized carbons (Fsp3) is 0.400. The molecular weight excluding hydrogens is 324 g/mol. The van der Waals surface area contributed by atoms with Gasteiger partial charge in [-0.1, -0.05) is 43.6 Å². The Morgan fingerprint density at radius 3 is 2.50 bits per heavy atom. The van der Waals surface area contributed by atoms with Crippen LogP contribution in [0.3, 0.4) is 0 Å². The SMILES string of the molecule is CCc1ccc(CC)c(OCc2cc(Cl)ccc2C2OCCO2)c1. The predicted octanol–water partition coefficient (Wildman–Crippen LogP) is 5.09. The Morgan fingerprint density at radius 1 is 1.00 bits per heavy atom. The van der Waals surface area contributed by atoms with Crippen molar-refractivity contribution in [3.05, 3.63) is 63.7 Å². The lowest BCUT2D eigenvalue weighted by atomic mass is 10.1. The molecule has 2 aromatic carbocycles. The molecule has 3 nitrogen and oxygen atoms in total. The molecule has 0 saturated carbocycles. The molecule has 3 rings (SSSR count). The van der Waals surface area contributed by atoms with Crippen LogP contribution >= 0.6 is 11.6 Å². The number of hydrogen-bond acceptors (Lipinski definition) is 3. The van der Waals surface area contributed by atoms with Crippen LogP contribution in [0.5, 0.6) is 5.75 Å². The third-order valence-electron chi connectivity index (χ3n) is 4.28. The van der Waals surface area contributed by atoms with Gasteiger partial charge in [-0.25, -0.2) is 0 Å². The maximum atomic E-state index is 6.17. The summed E-state index contributed by atoms with van der Waals surface area (Å²) in [5.41, 5.74) is 4.47. The average Bonchev–Trinajstić information content (AvgIpc) is 3.14. The Hall–Kier alpha value is -1.55. The monoisotopic (exact) mass is 346 g/mol. The first-order valence-corrected chi connectivity index (χ1v) is 8.85. The maximum absolute atomic E-state index is 6.17. The molecule has 0 N–H and O–H groups in total. The van der Waals surface area contributed by atoms with E-state index >= 15 is 0 Å². The molecule has 1 heterocycles. The summed E-state index contributed by atoms with van der Waals surface area (Å²) in [4.78, 5) is 0. The maximum Gasteiger partial charge on any atom is 0.184 e. The first kappa shape index (κ1) is 17.3. The van der Waals surface area contributed by atoms with Gasteiger partial charge in [-0.3, -0.25) is 0 Å². The van der Waals surface area contributed by atoms with Gasteiger partial charge >= 0.3 is 0 Å². The van der Waals surface area contributed by atoms with E-state index in [0.717, 1.165) is 29.7 Å². The van der Waals surface area contributed by atoms with Crippen LogP contribution in [0.2, 0.25) is 5.02 Å². The molecule has 1 aliphatic heterocycles. The van der Waals surface area contributed by atoms with E-state index < -0.39 is 0 Å². The molecule has 0 bridgehead atoms. The zero-order chi connectivity index (χ0) is 16.9. The van der Waals surface area contributed by atoms with Gasteiger partial charge in [0, 0.05) is 10.6 Å². The van der Waals surface area contributed by atoms with Gasteiger partial charge in [0.05, 0.1) is 13.2 Å². The lowest BCUT2D eigenvalue weighted by Gasteiger charge is -2.17. The van der Waals surface area contributed by atoms with Crippen LogP contribution in [-0.2, 0) is 28.9 Å². The zero-order valence-electron chi connectivity index (χ0n) is 14.2. The van der Waals surface area contributed by atoms with Crippen molar-refractivity contribution >= 4 is 11.6 Å². The van der Waals surface area contributed by atoms with E-state index in [0.29, 0.717) is 24.8 Å². The third-order valence-corrected chi connectivity index (χ3v) is 4.52. The minimum atomic E-state index is -0.325. The smallest absolute Gasteiger partial charge is 0.184 e. The summed E-state index contributed by atoms with van der Waals surface area (Å²) in [5.74, 6) is 0.941. The lowest BCUT2D eigenvalue weighted by molar-refractivity contribution is -0.0451. The summed E-state index contributed by atoms with van der Waals surface area (Å²) in [6.07, 6.45) is 1.61. The predicted molar refractivity (Wildman–Crippen MR) is 95.6 cm³/mol. The number of halogens is 1. The fourth-order valence-corrected chi connectivity index (χ4v) is 3.06. The molecule has 2 aromatic rings. The second-order valence-electron chi connectivity index (χ2n) is 5.85. The normalized spacial score (nSPS) is 15.0. The fourth-order valence-electron chi connectivity index (χ4n) is 2.87. The molecule has 4 heteroatoms. The highest BCUT2D eigenvalue weighted by molar-refractivity contribution is 6.30. The van der Waals surface area contributed by atoms with Crippen molar-refractivity contribution < 1.29 is 14.2 Å². The van der Waals surface area contributed by atoms with Crippen LogP contribution in [0.15, 0.2) is 36.4 Å². The minimum absolute atomic E-state index is 0.325. The van der Waals surface area contributed by atoms with Crippen molar-refractivity contribution in [1.82, 2.24) is 0 Å². The molecule has 0 atom stereocenters. The highest BCUT2D eigenvalue weighted by atomic mass is 35.5. The van der Waals surface area contributed by atoms with E-state index in [-0.39, 0.29) is 6.29 Å². The van der Waals surface area contributed by atoms with Gasteiger partial charge in [-0.15, -0.1) is 0 Å². The molecule has 0 aromatic heterocycles. The number of ether oxygens (including phenoxy) is 3. The number of hydrogen-bond donors (Lipinski definition) is 0. The first-order valence-electron chi connectivity index (χ1n) is 8.47. The number of benzene rings is 2. The van der Waals surface area contributed by atoms with Gasteiger partial charge < -0.3 is 14.2 Å². The molecule has 1 aliphatic rings. The summed E-state index contributed by atoms with van der Waals surface area (Å²) < 4.78 is 17.4. The van der Waals surface area contributed by atoms with Crippen molar-refractivity contribution in [1.29, 1.82) is 0 Å². The largest absolute Gasteiger partial charge is 0.489 e. The Bertz CT molecular complexity index is 693. The summed E-state index contributed by atoms with van der Waals surface area (Å²) in [7, 11) is 0. The standard InChI is InChI=1S/C20H23ClO3/c1-3-14-5-6-15(4-2)19(11-14)24-13-16-12-17(21)7-8-18(16)20-22-9-10-23-20/h5-8,11-12,20H,3-4,9-10,13H2,1-2H3. The molecule has 0 radical (unpaired) electrons. The highest BCUT2D eigenvalue weighted by Crippen LogP contribution is 2.30. The highest BCUT2D eigenvalue weighted by Gasteiger charge is 2.21. The quantitative estimate of drug-likeness (QED) is 0.729. The Kier molecular flexibility index (Phi) is 5.77. The summed E-state index contributed by atoms with van der Waals surface area (Å²) in [5, 5.41) is 0.688. The Morgan fingerprint density at radius 2 is 1.79 bits per heavy atom. The lowest BCUT2D eigenvalue weighted by Crippen LogP contribution is -2.07. The zero-order valence-corrected chi connectivity index (χ0v) is 14.9. The van der Waals surface area contributed by atoms with E-state index in [9.17, 15) is 0 Å². The summed E-state index contributed by atoms with van der Waals surface area (Å²) >= 11 is 6.17. The van der Waals surface area contributed by atoms with Crippen LogP contribution in [0, 0.1) is 0 Å². The molecule has 1 fully saturated rings. The van der Waals surface area contributed by atoms with Crippen molar-refractivity contribution in [3.63, 3.8) is 0 Å². The Balaban J connectivity index is 1.82. The van der Waals surface area contributed by atoms with Crippen LogP contribution < -0.4 is 4.74 Å². The van der Waals surface area contributed by atoms with Crippen molar-refractivity contribution in [3.8, 4) is 5.75 Å². The van der Waals surface area contributed by atoms with Crippen LogP contribution in [0.1, 0.15) is 42.4 Å². The molecule has 0 amide bonds. The molecular formula is C20H23ClO3. The van der Waals surface area contributed by atoms with Crippen LogP contribution in [0.25, 0.3) is 0 Å². The molecule has 0 unspecified atom stereocenters. The van der Waals surface area contributed by atoms with E-state index in [1.807, 2.05) is 18.2 Å². The van der Waals surface area contributed by atoms with Gasteiger partial charge in [-0.2, -0.15) is 0 Å². The summed E-state index contributed by atoms with van der Waals surface area (Å²) in [6, 6.07) is 12.2. The minimum Gasteiger partial charge on any atom is -0.489 e. The van der Waals surface area contributed by atoms with E-state index in [1.165, 1.54) is 11.1 Å². The van der Waals surface area contributed by atoms with E-state index in [4.69, 9.17) is 25.8 Å². The first-order chi connectivity index (χ1) is 11.7. The van der Waals surface area contributed by atoms with Gasteiger partial charge in [0.25, 0.3) is 0 Å². The van der Waals surface area contributed by atoms with Gasteiger partial charge in [0.2, 0.25) is 0 Å². The van der Waals surface area contributed by atoms with Crippen LogP contribution in [0.4, 0.5) is 0 Å². The molecule has 0 spiro atoms. The van der Waals surface area contributed by atoms with Crippen molar-refractivity contribution in [2.24, 2.45) is 0 Å². The third kappa shape index (κ3) is 3.92. The molecule has 0 aliphatic carbocycles. The van der Waals surface area contributed by atoms with Gasteiger partial charge in [0.15, 0.2) is 6.29 Å². The van der Waals surface area contributed by atoms with Gasteiger partial charge in [0.1, 0.15) is 12.4 Å².